The Bertz CT molecular complexity index is 747. The minimum absolute atomic E-state index is 0.00278. The van der Waals surface area contributed by atoms with Crippen LogP contribution < -0.4 is 5.73 Å². The zero-order valence-electron chi connectivity index (χ0n) is 13.6. The van der Waals surface area contributed by atoms with Gasteiger partial charge in [-0.1, -0.05) is 25.1 Å². The normalized spacial score (nSPS) is 17.3. The van der Waals surface area contributed by atoms with Crippen molar-refractivity contribution in [2.75, 3.05) is 6.61 Å². The van der Waals surface area contributed by atoms with Crippen molar-refractivity contribution in [3.8, 4) is 6.07 Å². The largest absolute Gasteiger partial charge is 0.463 e. The molecule has 2 rings (SSSR count). The lowest BCUT2D eigenvalue weighted by molar-refractivity contribution is -0.139. The molecule has 0 amide bonds. The van der Waals surface area contributed by atoms with Crippen LogP contribution in [-0.2, 0) is 14.3 Å². The summed E-state index contributed by atoms with van der Waals surface area (Å²) in [4.78, 5) is 12.5. The molecular weight excluding hydrogens is 311 g/mol. The van der Waals surface area contributed by atoms with E-state index in [0.717, 1.165) is 0 Å². The van der Waals surface area contributed by atoms with Crippen LogP contribution in [0.1, 0.15) is 38.2 Å². The summed E-state index contributed by atoms with van der Waals surface area (Å²) in [6.07, 6.45) is 1.12. The van der Waals surface area contributed by atoms with Crippen LogP contribution in [0.3, 0.4) is 0 Å². The minimum Gasteiger partial charge on any atom is -0.463 e. The van der Waals surface area contributed by atoms with E-state index in [1.165, 1.54) is 18.2 Å². The highest BCUT2D eigenvalue weighted by atomic mass is 19.1. The summed E-state index contributed by atoms with van der Waals surface area (Å²) in [6, 6.07) is 7.92. The fourth-order valence-corrected chi connectivity index (χ4v) is 2.68. The molecule has 1 unspecified atom stereocenters. The van der Waals surface area contributed by atoms with Gasteiger partial charge in [0, 0.05) is 12.0 Å². The van der Waals surface area contributed by atoms with E-state index in [2.05, 4.69) is 0 Å². The highest BCUT2D eigenvalue weighted by molar-refractivity contribution is 5.92. The molecule has 126 valence electrons. The van der Waals surface area contributed by atoms with E-state index in [-0.39, 0.29) is 29.2 Å². The van der Waals surface area contributed by atoms with E-state index < -0.39 is 17.7 Å². The molecule has 0 radical (unpaired) electrons. The molecule has 1 aromatic carbocycles. The molecule has 1 aliphatic heterocycles. The molecule has 1 heterocycles. The average molecular weight is 330 g/mol. The smallest absolute Gasteiger partial charge is 0.338 e. The summed E-state index contributed by atoms with van der Waals surface area (Å²) in [5.41, 5.74) is 6.18. The van der Waals surface area contributed by atoms with Gasteiger partial charge in [0.1, 0.15) is 23.2 Å². The van der Waals surface area contributed by atoms with Crippen LogP contribution >= 0.6 is 0 Å². The first kappa shape index (κ1) is 17.5. The predicted octanol–water partition coefficient (Wildman–Crippen LogP) is 3.25. The molecule has 24 heavy (non-hydrogen) atoms. The molecule has 1 aromatic rings. The van der Waals surface area contributed by atoms with Gasteiger partial charge in [-0.05, 0) is 19.4 Å². The van der Waals surface area contributed by atoms with E-state index in [9.17, 15) is 14.4 Å². The third-order valence-electron chi connectivity index (χ3n) is 3.69. The Hall–Kier alpha value is -2.81. The molecule has 0 aromatic heterocycles. The van der Waals surface area contributed by atoms with E-state index in [0.29, 0.717) is 18.6 Å². The maximum absolute atomic E-state index is 14.4. The Morgan fingerprint density at radius 3 is 2.71 bits per heavy atom. The highest BCUT2D eigenvalue weighted by Gasteiger charge is 2.38. The lowest BCUT2D eigenvalue weighted by Gasteiger charge is -2.28. The number of nitriles is 1. The second kappa shape index (κ2) is 7.64. The molecule has 0 bridgehead atoms. The molecule has 0 saturated carbocycles. The number of nitrogens with two attached hydrogens (primary N) is 1. The number of ether oxygens (including phenoxy) is 2. The quantitative estimate of drug-likeness (QED) is 0.838. The number of nitrogens with zero attached hydrogens (tertiary/aromatic N) is 1. The zero-order valence-corrected chi connectivity index (χ0v) is 13.6. The van der Waals surface area contributed by atoms with Crippen LogP contribution in [0, 0.1) is 17.1 Å². The number of esters is 1. The molecule has 6 heteroatoms. The van der Waals surface area contributed by atoms with E-state index in [4.69, 9.17) is 15.2 Å². The third-order valence-corrected chi connectivity index (χ3v) is 3.69. The summed E-state index contributed by atoms with van der Waals surface area (Å²) in [5, 5.41) is 9.46. The highest BCUT2D eigenvalue weighted by Crippen LogP contribution is 2.41. The lowest BCUT2D eigenvalue weighted by atomic mass is 9.82. The molecule has 0 spiro atoms. The number of benzene rings is 1. The molecule has 0 aliphatic carbocycles. The molecule has 1 atom stereocenters. The summed E-state index contributed by atoms with van der Waals surface area (Å²) < 4.78 is 25.0. The van der Waals surface area contributed by atoms with Crippen molar-refractivity contribution in [1.82, 2.24) is 0 Å². The summed E-state index contributed by atoms with van der Waals surface area (Å²) in [5.74, 6) is -1.88. The number of hydrogen-bond acceptors (Lipinski definition) is 5. The fraction of sp³-hybridized carbons (Fsp3) is 0.333. The van der Waals surface area contributed by atoms with Gasteiger partial charge in [-0.25, -0.2) is 9.18 Å². The van der Waals surface area contributed by atoms with Gasteiger partial charge in [0.15, 0.2) is 0 Å². The Morgan fingerprint density at radius 1 is 1.42 bits per heavy atom. The van der Waals surface area contributed by atoms with Crippen LogP contribution in [0.4, 0.5) is 4.39 Å². The maximum atomic E-state index is 14.4. The Kier molecular flexibility index (Phi) is 5.59. The van der Waals surface area contributed by atoms with Crippen LogP contribution in [0.5, 0.6) is 0 Å². The van der Waals surface area contributed by atoms with Gasteiger partial charge in [-0.2, -0.15) is 5.26 Å². The van der Waals surface area contributed by atoms with E-state index in [1.54, 1.807) is 13.0 Å². The van der Waals surface area contributed by atoms with E-state index >= 15 is 0 Å². The first-order valence-corrected chi connectivity index (χ1v) is 7.77. The van der Waals surface area contributed by atoms with Gasteiger partial charge >= 0.3 is 5.97 Å². The second-order valence-corrected chi connectivity index (χ2v) is 5.25. The van der Waals surface area contributed by atoms with Crippen molar-refractivity contribution in [1.29, 1.82) is 5.26 Å². The summed E-state index contributed by atoms with van der Waals surface area (Å²) in [6.45, 7) is 3.75. The van der Waals surface area contributed by atoms with Gasteiger partial charge in [-0.15, -0.1) is 0 Å². The van der Waals surface area contributed by atoms with Crippen molar-refractivity contribution >= 4 is 5.97 Å². The third kappa shape index (κ3) is 3.25. The van der Waals surface area contributed by atoms with Crippen LogP contribution in [0.15, 0.2) is 47.1 Å². The van der Waals surface area contributed by atoms with Crippen molar-refractivity contribution in [3.05, 3.63) is 58.4 Å². The molecule has 5 nitrogen and oxygen atoms in total. The average Bonchev–Trinajstić information content (AvgIpc) is 2.55. The maximum Gasteiger partial charge on any atom is 0.338 e. The second-order valence-electron chi connectivity index (χ2n) is 5.25. The van der Waals surface area contributed by atoms with Crippen LogP contribution in [0.2, 0.25) is 0 Å². The number of hydrogen-bond donors (Lipinski definition) is 1. The first-order valence-electron chi connectivity index (χ1n) is 7.77. The van der Waals surface area contributed by atoms with Crippen molar-refractivity contribution in [2.45, 2.75) is 32.6 Å². The number of carbonyl (C=O) groups is 1. The Balaban J connectivity index is 2.69. The predicted molar refractivity (Wildman–Crippen MR) is 85.6 cm³/mol. The fourth-order valence-electron chi connectivity index (χ4n) is 2.68. The first-order chi connectivity index (χ1) is 11.5. The van der Waals surface area contributed by atoms with Crippen molar-refractivity contribution < 1.29 is 18.7 Å². The van der Waals surface area contributed by atoms with Gasteiger partial charge in [0.2, 0.25) is 5.88 Å². The monoisotopic (exact) mass is 330 g/mol. The Morgan fingerprint density at radius 2 is 2.12 bits per heavy atom. The molecular formula is C18H19FN2O3. The lowest BCUT2D eigenvalue weighted by Crippen LogP contribution is -2.26. The Labute approximate surface area is 140 Å². The molecule has 0 saturated heterocycles. The minimum atomic E-state index is -0.939. The van der Waals surface area contributed by atoms with Gasteiger partial charge in [-0.3, -0.25) is 0 Å². The van der Waals surface area contributed by atoms with Gasteiger partial charge in [0.25, 0.3) is 0 Å². The SMILES string of the molecule is CCCC1=C(C(=O)OCC)C(c2ccccc2F)C(C#N)=C(N)O1. The number of halogens is 1. The van der Waals surface area contributed by atoms with Crippen LogP contribution in [0.25, 0.3) is 0 Å². The topological polar surface area (TPSA) is 85.3 Å². The zero-order chi connectivity index (χ0) is 17.7. The van der Waals surface area contributed by atoms with Crippen molar-refractivity contribution in [3.63, 3.8) is 0 Å². The van der Waals surface area contributed by atoms with Crippen molar-refractivity contribution in [2.24, 2.45) is 5.73 Å². The standard InChI is InChI=1S/C18H19FN2O3/c1-3-7-14-16(18(22)23-4-2)15(12(10-20)17(21)24-14)11-8-5-6-9-13(11)19/h5-6,8-9,15H,3-4,7,21H2,1-2H3. The van der Waals surface area contributed by atoms with E-state index in [1.807, 2.05) is 13.0 Å². The molecule has 1 aliphatic rings. The van der Waals surface area contributed by atoms with Crippen LogP contribution in [-0.4, -0.2) is 12.6 Å². The van der Waals surface area contributed by atoms with Gasteiger partial charge < -0.3 is 15.2 Å². The summed E-state index contributed by atoms with van der Waals surface area (Å²) >= 11 is 0. The number of rotatable bonds is 5. The summed E-state index contributed by atoms with van der Waals surface area (Å²) in [7, 11) is 0. The number of allylic oxidation sites excluding steroid dienone is 2. The molecule has 2 N–H and O–H groups in total. The number of carbonyl (C=O) groups excluding carboxylic acids is 1. The molecule has 0 fully saturated rings. The van der Waals surface area contributed by atoms with Gasteiger partial charge in [0.05, 0.1) is 18.1 Å².